The first kappa shape index (κ1) is 51.1. The Labute approximate surface area is 434 Å². The van der Waals surface area contributed by atoms with Crippen molar-refractivity contribution in [3.05, 3.63) is 140 Å². The van der Waals surface area contributed by atoms with Crippen LogP contribution in [0.15, 0.2) is 85.5 Å². The Balaban J connectivity index is 0.870. The zero-order chi connectivity index (χ0) is 53.6. The fourth-order valence-corrected chi connectivity index (χ4v) is 9.55. The van der Waals surface area contributed by atoms with E-state index in [2.05, 4.69) is 30.8 Å². The number of nitrogens with zero attached hydrogens (tertiary/aromatic N) is 12. The lowest BCUT2D eigenvalue weighted by Gasteiger charge is -2.22. The highest BCUT2D eigenvalue weighted by molar-refractivity contribution is 5.74. The topological polar surface area (TPSA) is 279 Å². The van der Waals surface area contributed by atoms with Gasteiger partial charge >= 0.3 is 6.16 Å². The van der Waals surface area contributed by atoms with Gasteiger partial charge in [-0.3, -0.25) is 20.2 Å². The summed E-state index contributed by atoms with van der Waals surface area (Å²) < 4.78 is 42.1. The predicted octanol–water partition coefficient (Wildman–Crippen LogP) is 9.34. The van der Waals surface area contributed by atoms with Gasteiger partial charge in [0, 0.05) is 98.4 Å². The van der Waals surface area contributed by atoms with E-state index in [9.17, 15) is 25.0 Å². The number of carbonyl (C=O) groups is 1. The number of anilines is 4. The number of rotatable bonds is 16. The van der Waals surface area contributed by atoms with Gasteiger partial charge in [-0.25, -0.2) is 33.2 Å². The number of fused-ring (bicyclic) bond motifs is 2. The van der Waals surface area contributed by atoms with Crippen molar-refractivity contribution in [1.82, 2.24) is 48.8 Å². The number of non-ortho nitro benzene ring substituents is 2. The number of nitro benzene ring substituents is 2. The molecule has 4 atom stereocenters. The van der Waals surface area contributed by atoms with Crippen LogP contribution in [0.1, 0.15) is 112 Å². The lowest BCUT2D eigenvalue weighted by molar-refractivity contribution is -0.385. The lowest BCUT2D eigenvalue weighted by Crippen LogP contribution is -2.25. The van der Waals surface area contributed by atoms with Gasteiger partial charge in [0.05, 0.1) is 70.1 Å². The van der Waals surface area contributed by atoms with Gasteiger partial charge < -0.3 is 39.1 Å². The zero-order valence-electron chi connectivity index (χ0n) is 43.0. The Morgan fingerprint density at radius 3 is 1.45 bits per heavy atom. The van der Waals surface area contributed by atoms with E-state index in [4.69, 9.17) is 38.6 Å². The summed E-state index contributed by atoms with van der Waals surface area (Å²) in [6, 6.07) is 15.4. The number of hydrogen-bond acceptors (Lipinski definition) is 19. The fourth-order valence-electron chi connectivity index (χ4n) is 9.55. The van der Waals surface area contributed by atoms with Crippen molar-refractivity contribution < 1.29 is 43.1 Å². The number of nitrogens with one attached hydrogen (secondary N) is 2. The summed E-state index contributed by atoms with van der Waals surface area (Å²) in [5, 5.41) is 50.1. The van der Waals surface area contributed by atoms with Crippen LogP contribution in [0.3, 0.4) is 0 Å². The molecule has 25 nitrogen and oxygen atoms in total. The van der Waals surface area contributed by atoms with E-state index in [1.807, 2.05) is 75.2 Å². The summed E-state index contributed by atoms with van der Waals surface area (Å²) in [6.07, 6.45) is 5.19. The van der Waals surface area contributed by atoms with Crippen molar-refractivity contribution in [1.29, 1.82) is 0 Å². The molecule has 0 spiro atoms. The average molecular weight is 1040 g/mol. The van der Waals surface area contributed by atoms with Crippen LogP contribution in [0.4, 0.5) is 39.4 Å². The molecule has 6 aromatic heterocycles. The first-order valence-corrected chi connectivity index (χ1v) is 24.4. The van der Waals surface area contributed by atoms with Crippen molar-refractivity contribution in [2.75, 3.05) is 38.1 Å². The molecule has 2 aliphatic heterocycles. The molecule has 2 aliphatic rings. The highest BCUT2D eigenvalue weighted by Gasteiger charge is 2.37. The van der Waals surface area contributed by atoms with Crippen LogP contribution >= 0.6 is 0 Å². The summed E-state index contributed by atoms with van der Waals surface area (Å²) in [4.78, 5) is 46.2. The van der Waals surface area contributed by atoms with Crippen molar-refractivity contribution in [3.63, 3.8) is 0 Å². The van der Waals surface area contributed by atoms with Gasteiger partial charge in [-0.1, -0.05) is 0 Å². The number of nitro groups is 2. The van der Waals surface area contributed by atoms with Crippen LogP contribution in [0.5, 0.6) is 11.5 Å². The second-order valence-corrected chi connectivity index (χ2v) is 20.6. The third-order valence-electron chi connectivity index (χ3n) is 13.0. The van der Waals surface area contributed by atoms with Gasteiger partial charge in [-0.05, 0) is 78.6 Å². The van der Waals surface area contributed by atoms with E-state index in [0.29, 0.717) is 71.8 Å². The number of methoxy groups -OCH3 is 2. The number of ether oxygens (including phenoxy) is 6. The number of aromatic nitrogens is 10. The van der Waals surface area contributed by atoms with E-state index in [0.717, 1.165) is 22.4 Å². The third-order valence-corrected chi connectivity index (χ3v) is 13.0. The summed E-state index contributed by atoms with van der Waals surface area (Å²) in [5.74, 6) is 1.47. The Morgan fingerprint density at radius 2 is 1.07 bits per heavy atom. The maximum absolute atomic E-state index is 13.9. The van der Waals surface area contributed by atoms with Crippen LogP contribution in [0, 0.1) is 20.2 Å². The van der Waals surface area contributed by atoms with E-state index in [1.165, 1.54) is 36.4 Å². The zero-order valence-corrected chi connectivity index (χ0v) is 43.0. The highest BCUT2D eigenvalue weighted by atomic mass is 16.7. The van der Waals surface area contributed by atoms with Gasteiger partial charge in [-0.2, -0.15) is 20.4 Å². The molecule has 8 heterocycles. The van der Waals surface area contributed by atoms with Gasteiger partial charge in [0.1, 0.15) is 46.4 Å². The maximum atomic E-state index is 13.9. The van der Waals surface area contributed by atoms with Gasteiger partial charge in [0.15, 0.2) is 11.6 Å². The van der Waals surface area contributed by atoms with Crippen molar-refractivity contribution in [2.24, 2.45) is 0 Å². The second-order valence-electron chi connectivity index (χ2n) is 20.6. The Bertz CT molecular complexity index is 3270. The molecule has 25 heteroatoms. The third kappa shape index (κ3) is 10.5. The molecule has 0 amide bonds. The highest BCUT2D eigenvalue weighted by Crippen LogP contribution is 2.46. The van der Waals surface area contributed by atoms with E-state index in [1.54, 1.807) is 48.0 Å². The summed E-state index contributed by atoms with van der Waals surface area (Å²) in [6.45, 7) is 13.0. The molecule has 0 unspecified atom stereocenters. The minimum atomic E-state index is -1.16. The molecule has 76 heavy (non-hydrogen) atoms. The van der Waals surface area contributed by atoms with Crippen molar-refractivity contribution in [2.45, 2.75) is 103 Å². The van der Waals surface area contributed by atoms with Crippen LogP contribution in [0.2, 0.25) is 0 Å². The minimum absolute atomic E-state index is 0.0157. The summed E-state index contributed by atoms with van der Waals surface area (Å²) in [7, 11) is 3.21. The molecule has 0 saturated carbocycles. The number of benzene rings is 2. The summed E-state index contributed by atoms with van der Waals surface area (Å²) >= 11 is 0. The van der Waals surface area contributed by atoms with Crippen LogP contribution in [-0.4, -0.2) is 92.2 Å². The Kier molecular flexibility index (Phi) is 13.7. The molecule has 2 aromatic carbocycles. The largest absolute Gasteiger partial charge is 0.519 e. The van der Waals surface area contributed by atoms with Gasteiger partial charge in [-0.15, -0.1) is 0 Å². The molecule has 2 saturated heterocycles. The van der Waals surface area contributed by atoms with E-state index in [-0.39, 0.29) is 36.1 Å². The first-order chi connectivity index (χ1) is 36.3. The normalized spacial score (nSPS) is 17.9. The van der Waals surface area contributed by atoms with E-state index >= 15 is 0 Å². The van der Waals surface area contributed by atoms with Crippen molar-refractivity contribution >= 4 is 51.8 Å². The molecular formula is C51H56N14O11. The number of hydrogen-bond donors (Lipinski definition) is 2. The lowest BCUT2D eigenvalue weighted by atomic mass is 9.94. The second kappa shape index (κ2) is 20.4. The number of carbonyl (C=O) groups excluding carboxylic acids is 1. The Morgan fingerprint density at radius 1 is 0.645 bits per heavy atom. The maximum Gasteiger partial charge on any atom is 0.519 e. The Hall–Kier alpha value is -8.39. The monoisotopic (exact) mass is 1040 g/mol. The van der Waals surface area contributed by atoms with Crippen molar-refractivity contribution in [3.8, 4) is 11.5 Å². The van der Waals surface area contributed by atoms with E-state index < -0.39 is 51.1 Å². The smallest absolute Gasteiger partial charge is 0.394 e. The predicted molar refractivity (Wildman–Crippen MR) is 273 cm³/mol. The molecule has 2 N–H and O–H groups in total. The molecular weight excluding hydrogens is 985 g/mol. The molecule has 8 aromatic rings. The summed E-state index contributed by atoms with van der Waals surface area (Å²) in [5.41, 5.74) is 3.45. The van der Waals surface area contributed by atoms with Crippen LogP contribution in [0.25, 0.3) is 11.0 Å². The molecule has 0 aliphatic carbocycles. The molecule has 10 rings (SSSR count). The molecule has 0 radical (unpaired) electrons. The average Bonchev–Trinajstić information content (AvgIpc) is 4.24. The first-order valence-electron chi connectivity index (χ1n) is 24.4. The standard InChI is InChI=1S/C51H56N14O11/c1-50(2,3)62-45(54-47-39-19-31(27-71-7)56-60(39)15-13-52-47)23-37(58-62)43-17-29(25-73-43)35-21-33(64(67)68)9-11-41(35)75-49(66)76-42-12-10-34(65(69)70)22-36(42)30-18-44(74-26-30)38-24-46(63(59-38)51(4,5)6)55-48-40-20-32(28-72-8)57-61(40)16-14-53-48/h9-16,19-24,29-30,43-44H,17-18,25-28H2,1-8H3,(H,52,54)(H,53,55)/t29-,30-,43+,44+/m0/s1. The van der Waals surface area contributed by atoms with Crippen LogP contribution in [-0.2, 0) is 43.2 Å². The van der Waals surface area contributed by atoms with Gasteiger partial charge in [0.2, 0.25) is 0 Å². The quantitative estimate of drug-likeness (QED) is 0.0394. The van der Waals surface area contributed by atoms with Gasteiger partial charge in [0.25, 0.3) is 11.4 Å². The fraction of sp³-hybridized carbons (Fsp3) is 0.392. The minimum Gasteiger partial charge on any atom is -0.394 e. The molecule has 396 valence electrons. The SMILES string of the molecule is COCc1cc2c(Nc3cc([C@H]4C[C@H](c5cc([N+](=O)[O-])ccc5OC(=O)Oc5ccc([N+](=O)[O-])cc5[C@@H]5CO[C@@H](c6cc(Nc7nccn8nc(COC)cc78)n(C(C)(C)C)n6)C5)CO4)nn3C(C)(C)C)nccn2n1. The van der Waals surface area contributed by atoms with Crippen LogP contribution < -0.4 is 20.1 Å². The molecule has 0 bridgehead atoms. The molecule has 2 fully saturated rings.